The van der Waals surface area contributed by atoms with Crippen molar-refractivity contribution in [3.05, 3.63) is 12.7 Å². The second-order valence-corrected chi connectivity index (χ2v) is 10.2. The molecule has 2 aromatic heterocycles. The lowest BCUT2D eigenvalue weighted by Crippen LogP contribution is -2.21. The number of nitrogens with zero attached hydrogens (tertiary/aromatic N) is 4. The van der Waals surface area contributed by atoms with E-state index in [2.05, 4.69) is 15.0 Å². The van der Waals surface area contributed by atoms with Gasteiger partial charge in [0, 0.05) is 0 Å². The van der Waals surface area contributed by atoms with Crippen molar-refractivity contribution in [2.75, 3.05) is 25.2 Å². The molecule has 2 atom stereocenters. The van der Waals surface area contributed by atoms with Crippen LogP contribution in [0.2, 0.25) is 0 Å². The summed E-state index contributed by atoms with van der Waals surface area (Å²) in [5.74, 6) is 0.247. The van der Waals surface area contributed by atoms with Crippen LogP contribution >= 0.6 is 7.37 Å². The molecule has 0 aromatic carbocycles. The summed E-state index contributed by atoms with van der Waals surface area (Å²) in [6, 6.07) is 0. The third kappa shape index (κ3) is 8.76. The highest BCUT2D eigenvalue weighted by molar-refractivity contribution is 7.58. The predicted octanol–water partition coefficient (Wildman–Crippen LogP) is 3.10. The molecule has 0 spiro atoms. The van der Waals surface area contributed by atoms with Gasteiger partial charge in [0.25, 0.3) is 7.37 Å². The number of carbonyl (C=O) groups is 2. The van der Waals surface area contributed by atoms with E-state index in [1.165, 1.54) is 12.7 Å². The Hall–Kier alpha value is -2.96. The molecule has 0 radical (unpaired) electrons. The summed E-state index contributed by atoms with van der Waals surface area (Å²) >= 11 is 0. The highest BCUT2D eigenvalue weighted by Gasteiger charge is 2.29. The molecule has 34 heavy (non-hydrogen) atoms. The average molecular weight is 503 g/mol. The van der Waals surface area contributed by atoms with Gasteiger partial charge in [-0.2, -0.15) is 0 Å². The summed E-state index contributed by atoms with van der Waals surface area (Å²) in [6.45, 7) is 7.88. The Morgan fingerprint density at radius 1 is 1.00 bits per heavy atom. The number of fused-ring (bicyclic) bond motifs is 1. The molecule has 0 fully saturated rings. The zero-order valence-corrected chi connectivity index (χ0v) is 20.6. The third-order valence-corrected chi connectivity index (χ3v) is 5.59. The maximum Gasteiger partial charge on any atom is 0.510 e. The van der Waals surface area contributed by atoms with Gasteiger partial charge >= 0.3 is 12.3 Å². The van der Waals surface area contributed by atoms with E-state index in [-0.39, 0.29) is 5.82 Å². The molecule has 0 bridgehead atoms. The summed E-state index contributed by atoms with van der Waals surface area (Å²) in [7, 11) is -3.76. The molecule has 2 rings (SSSR count). The van der Waals surface area contributed by atoms with Crippen molar-refractivity contribution in [3.63, 3.8) is 0 Å². The Balaban J connectivity index is 1.98. The Morgan fingerprint density at radius 3 is 2.29 bits per heavy atom. The maximum atomic E-state index is 13.2. The van der Waals surface area contributed by atoms with E-state index in [4.69, 9.17) is 33.9 Å². The fraction of sp³-hybridized carbons (Fsp3) is 0.632. The first kappa shape index (κ1) is 27.3. The van der Waals surface area contributed by atoms with Gasteiger partial charge in [0.2, 0.25) is 6.79 Å². The SMILES string of the molecule is CC(C)OC(=O)OCOP(=O)(COC(=O)OC(C)C)CO[C@H](C)Cn1cnc2c(N)ncnc21. The van der Waals surface area contributed by atoms with Gasteiger partial charge in [0.05, 0.1) is 31.2 Å². The van der Waals surface area contributed by atoms with E-state index >= 15 is 0 Å². The molecule has 0 amide bonds. The van der Waals surface area contributed by atoms with Gasteiger partial charge in [-0.3, -0.25) is 9.09 Å². The molecule has 15 heteroatoms. The van der Waals surface area contributed by atoms with Crippen LogP contribution in [0.3, 0.4) is 0 Å². The van der Waals surface area contributed by atoms with Gasteiger partial charge in [-0.1, -0.05) is 0 Å². The monoisotopic (exact) mass is 503 g/mol. The average Bonchev–Trinajstić information content (AvgIpc) is 3.14. The summed E-state index contributed by atoms with van der Waals surface area (Å²) in [5, 5.41) is 0. The lowest BCUT2D eigenvalue weighted by atomic mass is 10.4. The maximum absolute atomic E-state index is 13.2. The van der Waals surface area contributed by atoms with Crippen LogP contribution in [-0.2, 0) is 39.3 Å². The van der Waals surface area contributed by atoms with Crippen LogP contribution in [0.25, 0.3) is 11.2 Å². The van der Waals surface area contributed by atoms with E-state index in [9.17, 15) is 14.2 Å². The number of ether oxygens (including phenoxy) is 5. The first-order chi connectivity index (χ1) is 16.0. The first-order valence-corrected chi connectivity index (χ1v) is 12.4. The molecular formula is C19H30N5O9P. The quantitative estimate of drug-likeness (QED) is 0.254. The zero-order chi connectivity index (χ0) is 25.3. The fourth-order valence-electron chi connectivity index (χ4n) is 2.49. The normalized spacial score (nSPS) is 14.1. The lowest BCUT2D eigenvalue weighted by Gasteiger charge is -2.21. The molecule has 0 aliphatic carbocycles. The molecule has 14 nitrogen and oxygen atoms in total. The summed E-state index contributed by atoms with van der Waals surface area (Å²) in [4.78, 5) is 35.4. The lowest BCUT2D eigenvalue weighted by molar-refractivity contribution is -0.0134. The molecule has 2 heterocycles. The Kier molecular flexibility index (Phi) is 10.0. The molecule has 0 aliphatic heterocycles. The Bertz CT molecular complexity index is 1010. The molecule has 0 aliphatic rings. The Labute approximate surface area is 196 Å². The van der Waals surface area contributed by atoms with E-state index in [1.54, 1.807) is 39.2 Å². The molecule has 1 unspecified atom stereocenters. The second kappa shape index (κ2) is 12.5. The van der Waals surface area contributed by atoms with E-state index in [0.29, 0.717) is 17.7 Å². The van der Waals surface area contributed by atoms with Crippen molar-refractivity contribution in [2.45, 2.75) is 59.5 Å². The number of rotatable bonds is 12. The minimum absolute atomic E-state index is 0.247. The summed E-state index contributed by atoms with van der Waals surface area (Å²) in [6.07, 6.45) is -1.57. The summed E-state index contributed by atoms with van der Waals surface area (Å²) < 4.78 is 45.1. The smallest absolute Gasteiger partial charge is 0.432 e. The number of carbonyl (C=O) groups excluding carboxylic acids is 2. The Morgan fingerprint density at radius 2 is 1.65 bits per heavy atom. The van der Waals surface area contributed by atoms with Crippen LogP contribution in [0.5, 0.6) is 0 Å². The molecule has 0 saturated carbocycles. The van der Waals surface area contributed by atoms with Gasteiger partial charge in [-0.25, -0.2) is 24.5 Å². The van der Waals surface area contributed by atoms with Crippen LogP contribution in [0.1, 0.15) is 34.6 Å². The second-order valence-electron chi connectivity index (χ2n) is 7.75. The van der Waals surface area contributed by atoms with Crippen LogP contribution in [0.4, 0.5) is 15.4 Å². The van der Waals surface area contributed by atoms with E-state index in [1.807, 2.05) is 0 Å². The standard InChI is InChI=1S/C19H30N5O9P/c1-12(2)32-18(25)28-9-31-34(27,11-30-19(26)33-13(3)4)10-29-14(5)6-24-8-23-15-16(20)21-7-22-17(15)24/h7-8,12-14H,6,9-11H2,1-5H3,(H2,20,21,22)/t14-,34?/m1/s1. The van der Waals surface area contributed by atoms with Crippen LogP contribution in [-0.4, -0.2) is 69.6 Å². The predicted molar refractivity (Wildman–Crippen MR) is 119 cm³/mol. The molecular weight excluding hydrogens is 473 g/mol. The number of anilines is 1. The van der Waals surface area contributed by atoms with Crippen LogP contribution in [0.15, 0.2) is 12.7 Å². The topological polar surface area (TPSA) is 176 Å². The van der Waals surface area contributed by atoms with Crippen molar-refractivity contribution in [1.29, 1.82) is 0 Å². The number of nitrogens with two attached hydrogens (primary N) is 1. The van der Waals surface area contributed by atoms with E-state index in [0.717, 1.165) is 0 Å². The summed E-state index contributed by atoms with van der Waals surface area (Å²) in [5.41, 5.74) is 6.75. The highest BCUT2D eigenvalue weighted by Crippen LogP contribution is 2.47. The fourth-order valence-corrected chi connectivity index (χ4v) is 3.74. The van der Waals surface area contributed by atoms with Crippen LogP contribution < -0.4 is 5.73 Å². The number of hydrogen-bond acceptors (Lipinski definition) is 13. The van der Waals surface area contributed by atoms with Crippen molar-refractivity contribution in [2.24, 2.45) is 0 Å². The number of imidazole rings is 1. The minimum Gasteiger partial charge on any atom is -0.432 e. The zero-order valence-electron chi connectivity index (χ0n) is 19.7. The van der Waals surface area contributed by atoms with E-state index < -0.39 is 57.5 Å². The van der Waals surface area contributed by atoms with Gasteiger partial charge in [0.1, 0.15) is 18.2 Å². The van der Waals surface area contributed by atoms with Crippen molar-refractivity contribution in [1.82, 2.24) is 19.5 Å². The van der Waals surface area contributed by atoms with Crippen molar-refractivity contribution < 1.29 is 42.4 Å². The van der Waals surface area contributed by atoms with Gasteiger partial charge < -0.3 is 34.0 Å². The molecule has 190 valence electrons. The van der Waals surface area contributed by atoms with Gasteiger partial charge in [-0.15, -0.1) is 0 Å². The van der Waals surface area contributed by atoms with Gasteiger partial charge in [-0.05, 0) is 34.6 Å². The molecule has 2 N–H and O–H groups in total. The number of aromatic nitrogens is 4. The first-order valence-electron chi connectivity index (χ1n) is 10.4. The van der Waals surface area contributed by atoms with Crippen LogP contribution in [0, 0.1) is 0 Å². The number of nitrogen functional groups attached to an aromatic ring is 1. The van der Waals surface area contributed by atoms with Crippen molar-refractivity contribution in [3.8, 4) is 0 Å². The minimum atomic E-state index is -3.76. The number of hydrogen-bond donors (Lipinski definition) is 1. The molecule has 2 aromatic rings. The highest BCUT2D eigenvalue weighted by atomic mass is 31.2. The van der Waals surface area contributed by atoms with Gasteiger partial charge in [0.15, 0.2) is 17.8 Å². The largest absolute Gasteiger partial charge is 0.510 e. The third-order valence-electron chi connectivity index (χ3n) is 3.95. The van der Waals surface area contributed by atoms with Crippen molar-refractivity contribution >= 4 is 36.7 Å². The molecule has 0 saturated heterocycles.